The number of anilines is 1. The second kappa shape index (κ2) is 9.49. The third-order valence-electron chi connectivity index (χ3n) is 6.21. The molecule has 0 saturated carbocycles. The van der Waals surface area contributed by atoms with Crippen LogP contribution in [0.15, 0.2) is 78.2 Å². The second-order valence-corrected chi connectivity index (χ2v) is 10.6. The average molecular weight is 509 g/mol. The van der Waals surface area contributed by atoms with Crippen LogP contribution in [0.3, 0.4) is 0 Å². The SMILES string of the molecule is CC(=O)N(c1cccs1)C1C(=O)N2CC(O)(C(=O)OC(c3ccccc3)c3ccccc3)CS[C@H]12. The summed E-state index contributed by atoms with van der Waals surface area (Å²) in [4.78, 5) is 41.7. The highest BCUT2D eigenvalue weighted by Crippen LogP contribution is 2.43. The van der Waals surface area contributed by atoms with Gasteiger partial charge < -0.3 is 14.7 Å². The summed E-state index contributed by atoms with van der Waals surface area (Å²) in [7, 11) is 0. The van der Waals surface area contributed by atoms with Crippen molar-refractivity contribution < 1.29 is 24.2 Å². The van der Waals surface area contributed by atoms with Gasteiger partial charge in [0.25, 0.3) is 0 Å². The fourth-order valence-corrected chi connectivity index (χ4v) is 6.71. The Hall–Kier alpha value is -3.14. The lowest BCUT2D eigenvalue weighted by atomic mass is 9.97. The normalized spacial score (nSPS) is 23.4. The smallest absolute Gasteiger partial charge is 0.341 e. The largest absolute Gasteiger partial charge is 0.450 e. The van der Waals surface area contributed by atoms with E-state index in [1.54, 1.807) is 6.07 Å². The summed E-state index contributed by atoms with van der Waals surface area (Å²) in [5, 5.41) is 13.5. The van der Waals surface area contributed by atoms with Crippen LogP contribution in [-0.2, 0) is 19.1 Å². The first-order valence-electron chi connectivity index (χ1n) is 11.2. The van der Waals surface area contributed by atoms with Crippen molar-refractivity contribution in [2.45, 2.75) is 30.0 Å². The fourth-order valence-electron chi connectivity index (χ4n) is 4.46. The van der Waals surface area contributed by atoms with Crippen LogP contribution in [0.25, 0.3) is 0 Å². The molecule has 2 amide bonds. The molecular weight excluding hydrogens is 484 g/mol. The molecule has 2 unspecified atom stereocenters. The molecule has 0 spiro atoms. The Balaban J connectivity index is 1.33. The van der Waals surface area contributed by atoms with E-state index in [2.05, 4.69) is 0 Å². The number of hydrogen-bond donors (Lipinski definition) is 1. The third kappa shape index (κ3) is 4.35. The Morgan fingerprint density at radius 3 is 2.23 bits per heavy atom. The van der Waals surface area contributed by atoms with Crippen molar-refractivity contribution in [3.63, 3.8) is 0 Å². The number of aliphatic hydroxyl groups is 1. The van der Waals surface area contributed by atoms with E-state index in [9.17, 15) is 19.5 Å². The first kappa shape index (κ1) is 23.6. The van der Waals surface area contributed by atoms with Gasteiger partial charge in [-0.05, 0) is 28.6 Å². The minimum atomic E-state index is -1.85. The number of β-lactam (4-membered cyclic amide) rings is 1. The van der Waals surface area contributed by atoms with Crippen LogP contribution in [0.5, 0.6) is 0 Å². The molecule has 0 bridgehead atoms. The van der Waals surface area contributed by atoms with E-state index in [4.69, 9.17) is 4.74 Å². The third-order valence-corrected chi connectivity index (χ3v) is 8.57. The van der Waals surface area contributed by atoms with E-state index in [1.807, 2.05) is 72.1 Å². The highest BCUT2D eigenvalue weighted by atomic mass is 32.2. The van der Waals surface area contributed by atoms with Gasteiger partial charge in [0.05, 0.1) is 11.5 Å². The number of esters is 1. The lowest BCUT2D eigenvalue weighted by Crippen LogP contribution is -2.75. The Kier molecular flexibility index (Phi) is 6.39. The molecule has 7 nitrogen and oxygen atoms in total. The molecule has 3 atom stereocenters. The predicted octanol–water partition coefficient (Wildman–Crippen LogP) is 3.45. The van der Waals surface area contributed by atoms with Crippen molar-refractivity contribution in [1.29, 1.82) is 0 Å². The number of hydrogen-bond acceptors (Lipinski definition) is 7. The molecular formula is C26H24N2O5S2. The van der Waals surface area contributed by atoms with Crippen molar-refractivity contribution in [1.82, 2.24) is 4.90 Å². The summed E-state index contributed by atoms with van der Waals surface area (Å²) in [5.41, 5.74) is -0.289. The zero-order valence-electron chi connectivity index (χ0n) is 18.9. The molecule has 35 heavy (non-hydrogen) atoms. The Bertz CT molecular complexity index is 1180. The molecule has 3 aromatic rings. The Morgan fingerprint density at radius 2 is 1.69 bits per heavy atom. The van der Waals surface area contributed by atoms with Crippen molar-refractivity contribution in [3.05, 3.63) is 89.3 Å². The van der Waals surface area contributed by atoms with Crippen LogP contribution >= 0.6 is 23.1 Å². The maximum absolute atomic E-state index is 13.3. The summed E-state index contributed by atoms with van der Waals surface area (Å²) >= 11 is 2.67. The van der Waals surface area contributed by atoms with Gasteiger partial charge in [-0.2, -0.15) is 0 Å². The van der Waals surface area contributed by atoms with Gasteiger partial charge in [-0.1, -0.05) is 60.7 Å². The highest BCUT2D eigenvalue weighted by Gasteiger charge is 2.59. The zero-order chi connectivity index (χ0) is 24.6. The van der Waals surface area contributed by atoms with Crippen LogP contribution in [0.1, 0.15) is 24.2 Å². The van der Waals surface area contributed by atoms with Gasteiger partial charge >= 0.3 is 5.97 Å². The minimum Gasteiger partial charge on any atom is -0.450 e. The van der Waals surface area contributed by atoms with Crippen LogP contribution < -0.4 is 4.90 Å². The second-order valence-electron chi connectivity index (χ2n) is 8.59. The van der Waals surface area contributed by atoms with Gasteiger partial charge in [-0.15, -0.1) is 23.1 Å². The molecule has 0 radical (unpaired) electrons. The van der Waals surface area contributed by atoms with Crippen LogP contribution in [-0.4, -0.2) is 57.1 Å². The molecule has 0 aliphatic carbocycles. The molecule has 3 heterocycles. The van der Waals surface area contributed by atoms with E-state index in [1.165, 1.54) is 39.8 Å². The number of carbonyl (C=O) groups excluding carboxylic acids is 3. The zero-order valence-corrected chi connectivity index (χ0v) is 20.6. The van der Waals surface area contributed by atoms with Crippen LogP contribution in [0.2, 0.25) is 0 Å². The first-order chi connectivity index (χ1) is 16.9. The molecule has 180 valence electrons. The van der Waals surface area contributed by atoms with E-state index >= 15 is 0 Å². The molecule has 2 aliphatic rings. The number of ether oxygens (including phenoxy) is 1. The molecule has 2 saturated heterocycles. The molecule has 1 N–H and O–H groups in total. The topological polar surface area (TPSA) is 87.2 Å². The van der Waals surface area contributed by atoms with Gasteiger partial charge in [0.15, 0.2) is 11.7 Å². The summed E-state index contributed by atoms with van der Waals surface area (Å²) < 4.78 is 5.88. The lowest BCUT2D eigenvalue weighted by Gasteiger charge is -2.55. The summed E-state index contributed by atoms with van der Waals surface area (Å²) in [5.74, 6) is -1.23. The maximum atomic E-state index is 13.3. The number of carbonyl (C=O) groups is 3. The van der Waals surface area contributed by atoms with Gasteiger partial charge in [-0.25, -0.2) is 4.79 Å². The highest BCUT2D eigenvalue weighted by molar-refractivity contribution is 8.00. The molecule has 1 aromatic heterocycles. The van der Waals surface area contributed by atoms with Crippen molar-refractivity contribution >= 4 is 45.9 Å². The van der Waals surface area contributed by atoms with Crippen molar-refractivity contribution in [2.75, 3.05) is 17.2 Å². The van der Waals surface area contributed by atoms with Gasteiger partial charge in [-0.3, -0.25) is 14.5 Å². The van der Waals surface area contributed by atoms with Crippen molar-refractivity contribution in [3.8, 4) is 0 Å². The molecule has 9 heteroatoms. The van der Waals surface area contributed by atoms with Gasteiger partial charge in [0, 0.05) is 12.7 Å². The van der Waals surface area contributed by atoms with Crippen LogP contribution in [0, 0.1) is 0 Å². The van der Waals surface area contributed by atoms with E-state index in [0.717, 1.165) is 11.1 Å². The van der Waals surface area contributed by atoms with E-state index < -0.39 is 23.7 Å². The maximum Gasteiger partial charge on any atom is 0.341 e. The minimum absolute atomic E-state index is 0.0588. The number of nitrogens with zero attached hydrogens (tertiary/aromatic N) is 2. The monoisotopic (exact) mass is 508 g/mol. The van der Waals surface area contributed by atoms with Gasteiger partial charge in [0.2, 0.25) is 11.8 Å². The quantitative estimate of drug-likeness (QED) is 0.406. The number of benzene rings is 2. The van der Waals surface area contributed by atoms with Gasteiger partial charge in [0.1, 0.15) is 11.4 Å². The molecule has 2 fully saturated rings. The summed E-state index contributed by atoms with van der Waals surface area (Å²) in [6.45, 7) is 1.26. The predicted molar refractivity (Wildman–Crippen MR) is 135 cm³/mol. The first-order valence-corrected chi connectivity index (χ1v) is 13.1. The number of thiophene rings is 1. The number of fused-ring (bicyclic) bond motifs is 1. The van der Waals surface area contributed by atoms with E-state index in [-0.39, 0.29) is 29.5 Å². The molecule has 2 aliphatic heterocycles. The number of thioether (sulfide) groups is 1. The average Bonchev–Trinajstić information content (AvgIpc) is 3.41. The Labute approximate surface area is 211 Å². The lowest BCUT2D eigenvalue weighted by molar-refractivity contribution is -0.174. The Morgan fingerprint density at radius 1 is 1.06 bits per heavy atom. The standard InChI is InChI=1S/C26H24N2O5S2/c1-17(29)28(20-13-8-14-34-20)21-23(30)27-15-26(32,16-35-24(21)27)25(31)33-22(18-9-4-2-5-10-18)19-11-6-3-7-12-19/h2-14,21-22,24,32H,15-16H2,1H3/t21?,24-,26?/m1/s1. The molecule has 2 aromatic carbocycles. The number of amides is 2. The van der Waals surface area contributed by atoms with Crippen LogP contribution in [0.4, 0.5) is 5.00 Å². The summed E-state index contributed by atoms with van der Waals surface area (Å²) in [6, 6.07) is 21.7. The fraction of sp³-hybridized carbons (Fsp3) is 0.269. The van der Waals surface area contributed by atoms with Crippen molar-refractivity contribution in [2.24, 2.45) is 0 Å². The molecule has 5 rings (SSSR count). The number of rotatable bonds is 6. The van der Waals surface area contributed by atoms with E-state index in [0.29, 0.717) is 5.00 Å². The summed E-state index contributed by atoms with van der Waals surface area (Å²) in [6.07, 6.45) is -0.691.